The van der Waals surface area contributed by atoms with Crippen molar-refractivity contribution in [1.29, 1.82) is 0 Å². The van der Waals surface area contributed by atoms with Crippen molar-refractivity contribution in [1.82, 2.24) is 0 Å². The molecular formula is C10H18O3. The van der Waals surface area contributed by atoms with Crippen LogP contribution in [0.3, 0.4) is 0 Å². The van der Waals surface area contributed by atoms with Gasteiger partial charge in [-0.15, -0.1) is 6.58 Å². The van der Waals surface area contributed by atoms with Crippen LogP contribution in [0.1, 0.15) is 20.3 Å². The van der Waals surface area contributed by atoms with E-state index >= 15 is 0 Å². The lowest BCUT2D eigenvalue weighted by Gasteiger charge is -2.21. The summed E-state index contributed by atoms with van der Waals surface area (Å²) in [7, 11) is 0. The van der Waals surface area contributed by atoms with Crippen LogP contribution in [0.25, 0.3) is 0 Å². The minimum atomic E-state index is -0.485. The quantitative estimate of drug-likeness (QED) is 0.673. The number of rotatable bonds is 4. The lowest BCUT2D eigenvalue weighted by atomic mass is 10.00. The Hall–Kier alpha value is -0.380. The molecule has 0 amide bonds. The van der Waals surface area contributed by atoms with Crippen LogP contribution in [-0.2, 0) is 9.47 Å². The first-order chi connectivity index (χ1) is 6.09. The molecule has 1 saturated heterocycles. The molecule has 2 atom stereocenters. The zero-order chi connectivity index (χ0) is 9.90. The van der Waals surface area contributed by atoms with E-state index in [-0.39, 0.29) is 18.6 Å². The number of hydrogen-bond acceptors (Lipinski definition) is 3. The molecule has 0 aromatic rings. The van der Waals surface area contributed by atoms with Gasteiger partial charge in [-0.1, -0.05) is 6.08 Å². The second-order valence-corrected chi connectivity index (χ2v) is 3.78. The molecule has 0 aromatic heterocycles. The monoisotopic (exact) mass is 186 g/mol. The van der Waals surface area contributed by atoms with Gasteiger partial charge in [-0.2, -0.15) is 0 Å². The van der Waals surface area contributed by atoms with E-state index in [0.29, 0.717) is 13.0 Å². The molecule has 1 aliphatic rings. The van der Waals surface area contributed by atoms with Gasteiger partial charge in [0.1, 0.15) is 0 Å². The van der Waals surface area contributed by atoms with Crippen molar-refractivity contribution >= 4 is 0 Å². The highest BCUT2D eigenvalue weighted by atomic mass is 16.7. The van der Waals surface area contributed by atoms with Gasteiger partial charge < -0.3 is 14.6 Å². The van der Waals surface area contributed by atoms with Crippen molar-refractivity contribution in [2.24, 2.45) is 5.92 Å². The van der Waals surface area contributed by atoms with Crippen LogP contribution in [-0.4, -0.2) is 30.2 Å². The van der Waals surface area contributed by atoms with Crippen LogP contribution in [0.15, 0.2) is 12.7 Å². The van der Waals surface area contributed by atoms with E-state index in [0.717, 1.165) is 0 Å². The van der Waals surface area contributed by atoms with Gasteiger partial charge in [0.2, 0.25) is 0 Å². The number of ether oxygens (including phenoxy) is 2. The standard InChI is InChI=1S/C10H18O3/c1-4-8(5-6-11)9-7-12-10(2,3)13-9/h4,8-9,11H,1,5-7H2,2-3H3/t8-,9+/m0/s1. The minimum absolute atomic E-state index is 0.0413. The zero-order valence-corrected chi connectivity index (χ0v) is 8.32. The summed E-state index contributed by atoms with van der Waals surface area (Å²) in [6, 6.07) is 0. The van der Waals surface area contributed by atoms with Crippen molar-refractivity contribution in [2.75, 3.05) is 13.2 Å². The molecule has 0 spiro atoms. The maximum Gasteiger partial charge on any atom is 0.163 e. The second kappa shape index (κ2) is 4.22. The molecular weight excluding hydrogens is 168 g/mol. The summed E-state index contributed by atoms with van der Waals surface area (Å²) in [4.78, 5) is 0. The van der Waals surface area contributed by atoms with E-state index in [2.05, 4.69) is 6.58 Å². The fourth-order valence-corrected chi connectivity index (χ4v) is 1.53. The van der Waals surface area contributed by atoms with E-state index in [4.69, 9.17) is 14.6 Å². The lowest BCUT2D eigenvalue weighted by molar-refractivity contribution is -0.142. The fraction of sp³-hybridized carbons (Fsp3) is 0.800. The van der Waals surface area contributed by atoms with Crippen molar-refractivity contribution in [3.8, 4) is 0 Å². The Bertz CT molecular complexity index is 177. The topological polar surface area (TPSA) is 38.7 Å². The van der Waals surface area contributed by atoms with E-state index in [1.54, 1.807) is 0 Å². The molecule has 76 valence electrons. The predicted molar refractivity (Wildman–Crippen MR) is 50.3 cm³/mol. The molecule has 0 aliphatic carbocycles. The Balaban J connectivity index is 2.47. The first-order valence-corrected chi connectivity index (χ1v) is 4.64. The molecule has 0 saturated carbocycles. The molecule has 1 aliphatic heterocycles. The van der Waals surface area contributed by atoms with Gasteiger partial charge >= 0.3 is 0 Å². The minimum Gasteiger partial charge on any atom is -0.396 e. The van der Waals surface area contributed by atoms with E-state index in [1.807, 2.05) is 19.9 Å². The molecule has 0 radical (unpaired) electrons. The van der Waals surface area contributed by atoms with Gasteiger partial charge in [-0.25, -0.2) is 0 Å². The highest BCUT2D eigenvalue weighted by Crippen LogP contribution is 2.28. The van der Waals surface area contributed by atoms with Crippen LogP contribution < -0.4 is 0 Å². The summed E-state index contributed by atoms with van der Waals surface area (Å²) < 4.78 is 11.1. The third-order valence-corrected chi connectivity index (χ3v) is 2.27. The SMILES string of the molecule is C=C[C@@H](CCO)[C@H]1COC(C)(C)O1. The summed E-state index contributed by atoms with van der Waals surface area (Å²) in [5, 5.41) is 8.81. The Morgan fingerprint density at radius 3 is 2.77 bits per heavy atom. The first-order valence-electron chi connectivity index (χ1n) is 4.64. The predicted octanol–water partition coefficient (Wildman–Crippen LogP) is 1.32. The maximum absolute atomic E-state index is 8.81. The first kappa shape index (κ1) is 10.7. The van der Waals surface area contributed by atoms with Gasteiger partial charge in [-0.3, -0.25) is 0 Å². The molecule has 1 heterocycles. The molecule has 0 aromatic carbocycles. The smallest absolute Gasteiger partial charge is 0.163 e. The van der Waals surface area contributed by atoms with Gasteiger partial charge in [-0.05, 0) is 20.3 Å². The van der Waals surface area contributed by atoms with Crippen molar-refractivity contribution in [2.45, 2.75) is 32.2 Å². The molecule has 0 bridgehead atoms. The Kier molecular flexibility index (Phi) is 3.47. The van der Waals surface area contributed by atoms with Crippen molar-refractivity contribution in [3.05, 3.63) is 12.7 Å². The molecule has 3 nitrogen and oxygen atoms in total. The average Bonchev–Trinajstić information content (AvgIpc) is 2.42. The van der Waals surface area contributed by atoms with Crippen LogP contribution in [0.2, 0.25) is 0 Å². The van der Waals surface area contributed by atoms with Crippen molar-refractivity contribution < 1.29 is 14.6 Å². The molecule has 3 heteroatoms. The maximum atomic E-state index is 8.81. The summed E-state index contributed by atoms with van der Waals surface area (Å²) >= 11 is 0. The molecule has 1 fully saturated rings. The normalized spacial score (nSPS) is 28.7. The second-order valence-electron chi connectivity index (χ2n) is 3.78. The van der Waals surface area contributed by atoms with E-state index in [9.17, 15) is 0 Å². The highest BCUT2D eigenvalue weighted by molar-refractivity contribution is 4.88. The third-order valence-electron chi connectivity index (χ3n) is 2.27. The number of hydrogen-bond donors (Lipinski definition) is 1. The Labute approximate surface area is 79.3 Å². The number of aliphatic hydroxyl groups excluding tert-OH is 1. The highest BCUT2D eigenvalue weighted by Gasteiger charge is 2.35. The summed E-state index contributed by atoms with van der Waals surface area (Å²) in [5.74, 6) is -0.298. The van der Waals surface area contributed by atoms with Gasteiger partial charge in [0.05, 0.1) is 12.7 Å². The average molecular weight is 186 g/mol. The van der Waals surface area contributed by atoms with Crippen LogP contribution in [0.5, 0.6) is 0 Å². The largest absolute Gasteiger partial charge is 0.396 e. The van der Waals surface area contributed by atoms with E-state index in [1.165, 1.54) is 0 Å². The van der Waals surface area contributed by atoms with Crippen LogP contribution >= 0.6 is 0 Å². The Morgan fingerprint density at radius 1 is 1.69 bits per heavy atom. The van der Waals surface area contributed by atoms with Gasteiger partial charge in [0.25, 0.3) is 0 Å². The van der Waals surface area contributed by atoms with E-state index < -0.39 is 5.79 Å². The van der Waals surface area contributed by atoms with Crippen molar-refractivity contribution in [3.63, 3.8) is 0 Å². The lowest BCUT2D eigenvalue weighted by Crippen LogP contribution is -2.26. The summed E-state index contributed by atoms with van der Waals surface area (Å²) in [6.07, 6.45) is 2.55. The Morgan fingerprint density at radius 2 is 2.38 bits per heavy atom. The molecule has 13 heavy (non-hydrogen) atoms. The molecule has 0 unspecified atom stereocenters. The number of aliphatic hydroxyl groups is 1. The molecule has 1 N–H and O–H groups in total. The third kappa shape index (κ3) is 2.79. The zero-order valence-electron chi connectivity index (χ0n) is 8.32. The van der Waals surface area contributed by atoms with Crippen LogP contribution in [0, 0.1) is 5.92 Å². The summed E-state index contributed by atoms with van der Waals surface area (Å²) in [6.45, 7) is 8.27. The van der Waals surface area contributed by atoms with Gasteiger partial charge in [0, 0.05) is 12.5 Å². The van der Waals surface area contributed by atoms with Gasteiger partial charge in [0.15, 0.2) is 5.79 Å². The fourth-order valence-electron chi connectivity index (χ4n) is 1.53. The summed E-state index contributed by atoms with van der Waals surface area (Å²) in [5.41, 5.74) is 0. The van der Waals surface area contributed by atoms with Crippen LogP contribution in [0.4, 0.5) is 0 Å². The molecule has 1 rings (SSSR count).